The number of amides is 1. The van der Waals surface area contributed by atoms with Crippen molar-refractivity contribution in [1.29, 1.82) is 0 Å². The lowest BCUT2D eigenvalue weighted by Gasteiger charge is -2.20. The van der Waals surface area contributed by atoms with Crippen LogP contribution in [0.1, 0.15) is 36.6 Å². The van der Waals surface area contributed by atoms with Gasteiger partial charge in [0.25, 0.3) is 0 Å². The summed E-state index contributed by atoms with van der Waals surface area (Å²) in [5.74, 6) is 0.524. The molecule has 4 heteroatoms. The first-order chi connectivity index (χ1) is 10.3. The predicted molar refractivity (Wildman–Crippen MR) is 80.9 cm³/mol. The number of rotatable bonds is 7. The third-order valence-electron chi connectivity index (χ3n) is 3.46. The normalized spacial score (nSPS) is 13.6. The zero-order valence-corrected chi connectivity index (χ0v) is 12.4. The van der Waals surface area contributed by atoms with Crippen LogP contribution in [-0.2, 0) is 9.53 Å². The van der Waals surface area contributed by atoms with Crippen molar-refractivity contribution in [3.63, 3.8) is 0 Å². The van der Waals surface area contributed by atoms with Crippen molar-refractivity contribution < 1.29 is 13.9 Å². The molecule has 0 bridgehead atoms. The molecule has 0 aliphatic carbocycles. The quantitative estimate of drug-likeness (QED) is 0.850. The number of furan rings is 1. The summed E-state index contributed by atoms with van der Waals surface area (Å²) in [5, 5.41) is 3.01. The molecule has 2 rings (SSSR count). The van der Waals surface area contributed by atoms with Gasteiger partial charge in [-0.05, 0) is 24.1 Å². The smallest absolute Gasteiger partial charge is 0.228 e. The summed E-state index contributed by atoms with van der Waals surface area (Å²) >= 11 is 0. The summed E-state index contributed by atoms with van der Waals surface area (Å²) in [6.07, 6.45) is 2.34. The maximum absolute atomic E-state index is 12.5. The third-order valence-corrected chi connectivity index (χ3v) is 3.46. The topological polar surface area (TPSA) is 51.5 Å². The third kappa shape index (κ3) is 3.95. The molecule has 0 aliphatic rings. The van der Waals surface area contributed by atoms with Crippen molar-refractivity contribution in [1.82, 2.24) is 5.32 Å². The maximum atomic E-state index is 12.5. The van der Waals surface area contributed by atoms with Crippen molar-refractivity contribution in [2.45, 2.75) is 25.3 Å². The molecule has 0 fully saturated rings. The number of benzene rings is 1. The average Bonchev–Trinajstić information content (AvgIpc) is 3.03. The first-order valence-corrected chi connectivity index (χ1v) is 7.14. The first kappa shape index (κ1) is 15.3. The Morgan fingerprint density at radius 1 is 1.24 bits per heavy atom. The summed E-state index contributed by atoms with van der Waals surface area (Å²) in [4.78, 5) is 12.5. The van der Waals surface area contributed by atoms with Crippen LogP contribution in [0.25, 0.3) is 0 Å². The van der Waals surface area contributed by atoms with Crippen LogP contribution in [0.5, 0.6) is 0 Å². The Balaban J connectivity index is 2.10. The number of nitrogens with one attached hydrogen (secondary N) is 1. The molecule has 0 saturated carbocycles. The molecule has 0 aliphatic heterocycles. The SMILES string of the molecule is CC[C@@H](C(=O)N[C@H](COC)c1ccco1)c1ccccc1. The monoisotopic (exact) mass is 287 g/mol. The van der Waals surface area contributed by atoms with Crippen LogP contribution in [0, 0.1) is 0 Å². The van der Waals surface area contributed by atoms with E-state index < -0.39 is 0 Å². The Hall–Kier alpha value is -2.07. The van der Waals surface area contributed by atoms with Gasteiger partial charge in [-0.2, -0.15) is 0 Å². The van der Waals surface area contributed by atoms with Gasteiger partial charge in [0, 0.05) is 7.11 Å². The fourth-order valence-corrected chi connectivity index (χ4v) is 2.38. The van der Waals surface area contributed by atoms with E-state index in [2.05, 4.69) is 5.32 Å². The number of hydrogen-bond donors (Lipinski definition) is 1. The van der Waals surface area contributed by atoms with E-state index in [0.717, 1.165) is 12.0 Å². The van der Waals surface area contributed by atoms with Gasteiger partial charge in [0.2, 0.25) is 5.91 Å². The molecule has 0 radical (unpaired) electrons. The molecule has 0 unspecified atom stereocenters. The highest BCUT2D eigenvalue weighted by Gasteiger charge is 2.23. The van der Waals surface area contributed by atoms with Gasteiger partial charge < -0.3 is 14.5 Å². The molecular formula is C17H21NO3. The predicted octanol–water partition coefficient (Wildman–Crippen LogP) is 3.28. The lowest BCUT2D eigenvalue weighted by Crippen LogP contribution is -2.34. The van der Waals surface area contributed by atoms with Gasteiger partial charge >= 0.3 is 0 Å². The lowest BCUT2D eigenvalue weighted by atomic mass is 9.95. The highest BCUT2D eigenvalue weighted by Crippen LogP contribution is 2.22. The second kappa shape index (κ2) is 7.64. The number of carbonyl (C=O) groups is 1. The highest BCUT2D eigenvalue weighted by atomic mass is 16.5. The number of ether oxygens (including phenoxy) is 1. The molecular weight excluding hydrogens is 266 g/mol. The fraction of sp³-hybridized carbons (Fsp3) is 0.353. The molecule has 1 aromatic carbocycles. The summed E-state index contributed by atoms with van der Waals surface area (Å²) in [5.41, 5.74) is 1.02. The second-order valence-electron chi connectivity index (χ2n) is 4.90. The summed E-state index contributed by atoms with van der Waals surface area (Å²) < 4.78 is 10.5. The molecule has 0 spiro atoms. The fourth-order valence-electron chi connectivity index (χ4n) is 2.38. The van der Waals surface area contributed by atoms with Crippen LogP contribution in [0.3, 0.4) is 0 Å². The Bertz CT molecular complexity index is 536. The molecule has 1 aromatic heterocycles. The maximum Gasteiger partial charge on any atom is 0.228 e. The van der Waals surface area contributed by atoms with Crippen molar-refractivity contribution in [2.24, 2.45) is 0 Å². The Morgan fingerprint density at radius 2 is 2.00 bits per heavy atom. The molecule has 112 valence electrons. The number of hydrogen-bond acceptors (Lipinski definition) is 3. The molecule has 2 atom stereocenters. The van der Waals surface area contributed by atoms with Crippen LogP contribution in [-0.4, -0.2) is 19.6 Å². The van der Waals surface area contributed by atoms with E-state index in [9.17, 15) is 4.79 Å². The Labute approximate surface area is 125 Å². The summed E-state index contributed by atoms with van der Waals surface area (Å²) in [6.45, 7) is 2.39. The standard InChI is InChI=1S/C17H21NO3/c1-3-14(13-8-5-4-6-9-13)17(19)18-15(12-20-2)16-10-7-11-21-16/h4-11,14-15H,3,12H2,1-2H3,(H,18,19)/t14-,15-/m1/s1. The minimum atomic E-state index is -0.268. The van der Waals surface area contributed by atoms with Gasteiger partial charge in [-0.25, -0.2) is 0 Å². The van der Waals surface area contributed by atoms with Gasteiger partial charge in [0.1, 0.15) is 11.8 Å². The largest absolute Gasteiger partial charge is 0.467 e. The summed E-state index contributed by atoms with van der Waals surface area (Å²) in [7, 11) is 1.61. The molecule has 0 saturated heterocycles. The minimum absolute atomic E-state index is 0.0119. The van der Waals surface area contributed by atoms with Crippen LogP contribution >= 0.6 is 0 Å². The zero-order chi connectivity index (χ0) is 15.1. The number of carbonyl (C=O) groups excluding carboxylic acids is 1. The van der Waals surface area contributed by atoms with Crippen molar-refractivity contribution in [3.05, 3.63) is 60.1 Å². The van der Waals surface area contributed by atoms with E-state index in [0.29, 0.717) is 12.4 Å². The van der Waals surface area contributed by atoms with E-state index in [1.165, 1.54) is 0 Å². The van der Waals surface area contributed by atoms with Crippen molar-refractivity contribution in [2.75, 3.05) is 13.7 Å². The van der Waals surface area contributed by atoms with Gasteiger partial charge in [-0.15, -0.1) is 0 Å². The second-order valence-corrected chi connectivity index (χ2v) is 4.90. The van der Waals surface area contributed by atoms with E-state index >= 15 is 0 Å². The molecule has 2 aromatic rings. The molecule has 1 amide bonds. The van der Waals surface area contributed by atoms with Crippen molar-refractivity contribution >= 4 is 5.91 Å². The molecule has 4 nitrogen and oxygen atoms in total. The van der Waals surface area contributed by atoms with Gasteiger partial charge in [0.15, 0.2) is 0 Å². The zero-order valence-electron chi connectivity index (χ0n) is 12.4. The highest BCUT2D eigenvalue weighted by molar-refractivity contribution is 5.83. The van der Waals surface area contributed by atoms with Gasteiger partial charge in [0.05, 0.1) is 18.8 Å². The Morgan fingerprint density at radius 3 is 2.57 bits per heavy atom. The van der Waals surface area contributed by atoms with Crippen molar-refractivity contribution in [3.8, 4) is 0 Å². The van der Waals surface area contributed by atoms with E-state index in [4.69, 9.17) is 9.15 Å². The van der Waals surface area contributed by atoms with Gasteiger partial charge in [-0.3, -0.25) is 4.79 Å². The molecule has 21 heavy (non-hydrogen) atoms. The van der Waals surface area contributed by atoms with E-state index in [1.807, 2.05) is 43.3 Å². The van der Waals surface area contributed by atoms with E-state index in [1.54, 1.807) is 19.4 Å². The van der Waals surface area contributed by atoms with Crippen LogP contribution < -0.4 is 5.32 Å². The van der Waals surface area contributed by atoms with Crippen LogP contribution in [0.2, 0.25) is 0 Å². The van der Waals surface area contributed by atoms with Crippen LogP contribution in [0.4, 0.5) is 0 Å². The van der Waals surface area contributed by atoms with E-state index in [-0.39, 0.29) is 17.9 Å². The van der Waals surface area contributed by atoms with Crippen LogP contribution in [0.15, 0.2) is 53.1 Å². The first-order valence-electron chi connectivity index (χ1n) is 7.14. The Kier molecular flexibility index (Phi) is 5.58. The van der Waals surface area contributed by atoms with Gasteiger partial charge in [-0.1, -0.05) is 37.3 Å². The lowest BCUT2D eigenvalue weighted by molar-refractivity contribution is -0.124. The summed E-state index contributed by atoms with van der Waals surface area (Å²) in [6, 6.07) is 13.2. The number of methoxy groups -OCH3 is 1. The molecule has 1 N–H and O–H groups in total. The molecule has 1 heterocycles. The average molecular weight is 287 g/mol. The minimum Gasteiger partial charge on any atom is -0.467 e.